The summed E-state index contributed by atoms with van der Waals surface area (Å²) in [5.74, 6) is 0.630. The molecule has 0 fully saturated rings. The lowest BCUT2D eigenvalue weighted by molar-refractivity contribution is -0.115. The summed E-state index contributed by atoms with van der Waals surface area (Å²) in [7, 11) is 0. The Balaban J connectivity index is 1.64. The summed E-state index contributed by atoms with van der Waals surface area (Å²) in [5, 5.41) is 11.4. The third-order valence-corrected chi connectivity index (χ3v) is 5.68. The van der Waals surface area contributed by atoms with Crippen molar-refractivity contribution >= 4 is 23.4 Å². The summed E-state index contributed by atoms with van der Waals surface area (Å²) in [4.78, 5) is 13.1. The molecular formula is C22H19FN4O2S. The molecule has 30 heavy (non-hydrogen) atoms. The van der Waals surface area contributed by atoms with Gasteiger partial charge in [-0.05, 0) is 48.9 Å². The molecule has 0 radical (unpaired) electrons. The zero-order chi connectivity index (χ0) is 20.9. The molecule has 0 spiro atoms. The van der Waals surface area contributed by atoms with Crippen molar-refractivity contribution in [1.82, 2.24) is 14.8 Å². The second kappa shape index (κ2) is 8.96. The number of halogens is 1. The Labute approximate surface area is 177 Å². The summed E-state index contributed by atoms with van der Waals surface area (Å²) >= 11 is 1.30. The minimum atomic E-state index is -0.574. The molecule has 0 bridgehead atoms. The van der Waals surface area contributed by atoms with E-state index in [1.54, 1.807) is 12.3 Å². The second-order valence-electron chi connectivity index (χ2n) is 6.43. The van der Waals surface area contributed by atoms with Crippen LogP contribution in [0.3, 0.4) is 0 Å². The average molecular weight is 422 g/mol. The van der Waals surface area contributed by atoms with E-state index < -0.39 is 5.25 Å². The third kappa shape index (κ3) is 4.28. The first-order chi connectivity index (χ1) is 14.7. The molecule has 0 saturated heterocycles. The molecule has 1 amide bonds. The Bertz CT molecular complexity index is 1110. The number of carbonyl (C=O) groups excluding carboxylic acids is 1. The van der Waals surface area contributed by atoms with Gasteiger partial charge in [-0.1, -0.05) is 42.1 Å². The second-order valence-corrected chi connectivity index (χ2v) is 7.50. The van der Waals surface area contributed by atoms with E-state index in [0.717, 1.165) is 5.56 Å². The van der Waals surface area contributed by atoms with Crippen molar-refractivity contribution in [2.75, 3.05) is 5.32 Å². The lowest BCUT2D eigenvalue weighted by Crippen LogP contribution is -2.19. The summed E-state index contributed by atoms with van der Waals surface area (Å²) < 4.78 is 20.6. The molecule has 0 aliphatic carbocycles. The van der Waals surface area contributed by atoms with Crippen LogP contribution in [-0.2, 0) is 11.3 Å². The van der Waals surface area contributed by atoms with Crippen LogP contribution < -0.4 is 5.32 Å². The van der Waals surface area contributed by atoms with Crippen molar-refractivity contribution in [3.05, 3.63) is 84.4 Å². The molecule has 1 atom stereocenters. The lowest BCUT2D eigenvalue weighted by Gasteiger charge is -2.17. The molecule has 4 rings (SSSR count). The van der Waals surface area contributed by atoms with Crippen LogP contribution >= 0.6 is 11.8 Å². The fourth-order valence-corrected chi connectivity index (χ4v) is 4.10. The fourth-order valence-electron chi connectivity index (χ4n) is 3.00. The molecule has 2 aromatic carbocycles. The predicted octanol–water partition coefficient (Wildman–Crippen LogP) is 5.17. The quantitative estimate of drug-likeness (QED) is 0.416. The van der Waals surface area contributed by atoms with Crippen molar-refractivity contribution in [2.24, 2.45) is 0 Å². The van der Waals surface area contributed by atoms with Crippen molar-refractivity contribution in [1.29, 1.82) is 0 Å². The van der Waals surface area contributed by atoms with Gasteiger partial charge in [-0.2, -0.15) is 0 Å². The highest BCUT2D eigenvalue weighted by Gasteiger charge is 2.26. The number of anilines is 1. The van der Waals surface area contributed by atoms with Crippen LogP contribution in [0.2, 0.25) is 0 Å². The molecular weight excluding hydrogens is 403 g/mol. The van der Waals surface area contributed by atoms with E-state index in [2.05, 4.69) is 15.5 Å². The van der Waals surface area contributed by atoms with E-state index >= 15 is 0 Å². The molecule has 1 N–H and O–H groups in total. The zero-order valence-electron chi connectivity index (χ0n) is 16.2. The highest BCUT2D eigenvalue weighted by molar-refractivity contribution is 8.00. The van der Waals surface area contributed by atoms with E-state index in [1.165, 1.54) is 36.0 Å². The van der Waals surface area contributed by atoms with Gasteiger partial charge in [-0.3, -0.25) is 9.36 Å². The number of nitrogens with one attached hydrogen (secondary N) is 1. The number of aromatic nitrogens is 3. The van der Waals surface area contributed by atoms with Crippen LogP contribution in [0.25, 0.3) is 11.6 Å². The van der Waals surface area contributed by atoms with Crippen LogP contribution in [0.4, 0.5) is 10.1 Å². The number of furan rings is 1. The smallest absolute Gasteiger partial charge is 0.242 e. The highest BCUT2D eigenvalue weighted by Crippen LogP contribution is 2.36. The molecule has 8 heteroatoms. The van der Waals surface area contributed by atoms with E-state index in [1.807, 2.05) is 47.9 Å². The topological polar surface area (TPSA) is 73.0 Å². The Hall–Kier alpha value is -3.39. The minimum absolute atomic E-state index is 0.233. The standard InChI is InChI=1S/C22H19FN4O2S/c1-2-27-20(18-9-6-14-29-18)25-26-22(27)30-19(15-7-4-3-5-8-15)21(28)24-17-12-10-16(23)11-13-17/h3-14,19H,2H2,1H3,(H,24,28)/t19-/m1/s1. The number of amides is 1. The predicted molar refractivity (Wildman–Crippen MR) is 113 cm³/mol. The molecule has 4 aromatic rings. The Morgan fingerprint density at radius 3 is 2.53 bits per heavy atom. The van der Waals surface area contributed by atoms with Crippen molar-refractivity contribution in [3.63, 3.8) is 0 Å². The van der Waals surface area contributed by atoms with Crippen molar-refractivity contribution < 1.29 is 13.6 Å². The van der Waals surface area contributed by atoms with Gasteiger partial charge in [0.15, 0.2) is 16.7 Å². The molecule has 0 unspecified atom stereocenters. The summed E-state index contributed by atoms with van der Waals surface area (Å²) in [6, 6.07) is 18.7. The zero-order valence-corrected chi connectivity index (χ0v) is 17.0. The van der Waals surface area contributed by atoms with Gasteiger partial charge in [0.1, 0.15) is 11.1 Å². The first kappa shape index (κ1) is 19.9. The summed E-state index contributed by atoms with van der Waals surface area (Å²) in [6.07, 6.45) is 1.58. The van der Waals surface area contributed by atoms with Crippen LogP contribution in [-0.4, -0.2) is 20.7 Å². The van der Waals surface area contributed by atoms with Crippen molar-refractivity contribution in [2.45, 2.75) is 23.9 Å². The maximum absolute atomic E-state index is 13.2. The molecule has 0 aliphatic rings. The Morgan fingerprint density at radius 2 is 1.87 bits per heavy atom. The van der Waals surface area contributed by atoms with Gasteiger partial charge in [-0.15, -0.1) is 10.2 Å². The summed E-state index contributed by atoms with van der Waals surface area (Å²) in [6.45, 7) is 2.60. The van der Waals surface area contributed by atoms with Crippen LogP contribution in [0.1, 0.15) is 17.7 Å². The van der Waals surface area contributed by atoms with Gasteiger partial charge >= 0.3 is 0 Å². The Morgan fingerprint density at radius 1 is 1.10 bits per heavy atom. The van der Waals surface area contributed by atoms with Gasteiger partial charge in [-0.25, -0.2) is 4.39 Å². The number of hydrogen-bond donors (Lipinski definition) is 1. The number of thioether (sulfide) groups is 1. The number of rotatable bonds is 7. The van der Waals surface area contributed by atoms with E-state index in [9.17, 15) is 9.18 Å². The van der Waals surface area contributed by atoms with Crippen molar-refractivity contribution in [3.8, 4) is 11.6 Å². The number of nitrogens with zero attached hydrogens (tertiary/aromatic N) is 3. The third-order valence-electron chi connectivity index (χ3n) is 4.45. The van der Waals surface area contributed by atoms with Gasteiger partial charge in [0, 0.05) is 12.2 Å². The molecule has 6 nitrogen and oxygen atoms in total. The Kier molecular flexibility index (Phi) is 5.94. The van der Waals surface area contributed by atoms with Gasteiger partial charge in [0.05, 0.1) is 6.26 Å². The van der Waals surface area contributed by atoms with E-state index in [4.69, 9.17) is 4.42 Å². The highest BCUT2D eigenvalue weighted by atomic mass is 32.2. The molecule has 2 aromatic heterocycles. The van der Waals surface area contributed by atoms with Gasteiger partial charge in [0.25, 0.3) is 0 Å². The number of benzene rings is 2. The van der Waals surface area contributed by atoms with E-state index in [-0.39, 0.29) is 11.7 Å². The van der Waals surface area contributed by atoms with E-state index in [0.29, 0.717) is 29.0 Å². The lowest BCUT2D eigenvalue weighted by atomic mass is 10.1. The SMILES string of the molecule is CCn1c(S[C@@H](C(=O)Nc2ccc(F)cc2)c2ccccc2)nnc1-c1ccco1. The fraction of sp³-hybridized carbons (Fsp3) is 0.136. The maximum Gasteiger partial charge on any atom is 0.242 e. The normalized spacial score (nSPS) is 11.9. The first-order valence-corrected chi connectivity index (χ1v) is 10.3. The van der Waals surface area contributed by atoms with Gasteiger partial charge in [0.2, 0.25) is 5.91 Å². The van der Waals surface area contributed by atoms with Crippen LogP contribution in [0, 0.1) is 5.82 Å². The largest absolute Gasteiger partial charge is 0.461 e. The number of carbonyl (C=O) groups is 1. The minimum Gasteiger partial charge on any atom is -0.461 e. The first-order valence-electron chi connectivity index (χ1n) is 9.41. The average Bonchev–Trinajstić information content (AvgIpc) is 3.43. The molecule has 2 heterocycles. The van der Waals surface area contributed by atoms with Crippen LogP contribution in [0.15, 0.2) is 82.6 Å². The van der Waals surface area contributed by atoms with Crippen LogP contribution in [0.5, 0.6) is 0 Å². The molecule has 0 aliphatic heterocycles. The number of hydrogen-bond acceptors (Lipinski definition) is 5. The van der Waals surface area contributed by atoms with Gasteiger partial charge < -0.3 is 9.73 Å². The maximum atomic E-state index is 13.2. The molecule has 0 saturated carbocycles. The monoisotopic (exact) mass is 422 g/mol. The molecule has 152 valence electrons. The summed E-state index contributed by atoms with van der Waals surface area (Å²) in [5.41, 5.74) is 1.35.